The summed E-state index contributed by atoms with van der Waals surface area (Å²) >= 11 is 1.67. The van der Waals surface area contributed by atoms with Gasteiger partial charge >= 0.3 is 5.97 Å². The number of esters is 1. The van der Waals surface area contributed by atoms with Crippen LogP contribution in [-0.2, 0) is 14.3 Å². The third kappa shape index (κ3) is 4.16. The summed E-state index contributed by atoms with van der Waals surface area (Å²) in [4.78, 5) is 38.7. The standard InChI is InChI=1S/C20H24N4O3S/c25-18(24-10-1-4-16(24)17-5-2-13-28-17)14-27-19(26)15-6-11-23(12-7-15)20-21-8-3-9-22-20/h2-3,5,8-9,13,15-16H,1,4,6-7,10-12,14H2. The van der Waals surface area contributed by atoms with Crippen molar-refractivity contribution in [3.05, 3.63) is 40.8 Å². The Labute approximate surface area is 168 Å². The normalized spacial score (nSPS) is 20.4. The van der Waals surface area contributed by atoms with E-state index in [1.54, 1.807) is 29.8 Å². The Balaban J connectivity index is 1.25. The molecule has 0 spiro atoms. The lowest BCUT2D eigenvalue weighted by molar-refractivity contribution is -0.156. The molecule has 0 saturated carbocycles. The number of carbonyl (C=O) groups excluding carboxylic acids is 2. The largest absolute Gasteiger partial charge is 0.455 e. The highest BCUT2D eigenvalue weighted by Crippen LogP contribution is 2.34. The van der Waals surface area contributed by atoms with Crippen LogP contribution in [0.15, 0.2) is 36.0 Å². The van der Waals surface area contributed by atoms with Gasteiger partial charge < -0.3 is 14.5 Å². The molecule has 2 aromatic heterocycles. The topological polar surface area (TPSA) is 75.6 Å². The van der Waals surface area contributed by atoms with Crippen LogP contribution < -0.4 is 4.90 Å². The van der Waals surface area contributed by atoms with Crippen LogP contribution in [0, 0.1) is 5.92 Å². The quantitative estimate of drug-likeness (QED) is 0.719. The Morgan fingerprint density at radius 3 is 2.61 bits per heavy atom. The van der Waals surface area contributed by atoms with Crippen molar-refractivity contribution in [1.82, 2.24) is 14.9 Å². The molecule has 7 nitrogen and oxygen atoms in total. The third-order valence-electron chi connectivity index (χ3n) is 5.45. The van der Waals surface area contributed by atoms with Crippen molar-refractivity contribution < 1.29 is 14.3 Å². The van der Waals surface area contributed by atoms with Crippen molar-refractivity contribution in [1.29, 1.82) is 0 Å². The second kappa shape index (κ2) is 8.68. The van der Waals surface area contributed by atoms with Gasteiger partial charge in [-0.15, -0.1) is 11.3 Å². The summed E-state index contributed by atoms with van der Waals surface area (Å²) in [6.07, 6.45) is 6.77. The Hall–Kier alpha value is -2.48. The molecule has 0 aromatic carbocycles. The summed E-state index contributed by atoms with van der Waals surface area (Å²) < 4.78 is 5.39. The lowest BCUT2D eigenvalue weighted by Crippen LogP contribution is -2.39. The van der Waals surface area contributed by atoms with Gasteiger partial charge in [0, 0.05) is 36.9 Å². The van der Waals surface area contributed by atoms with Crippen LogP contribution >= 0.6 is 11.3 Å². The minimum atomic E-state index is -0.270. The van der Waals surface area contributed by atoms with Crippen molar-refractivity contribution in [3.8, 4) is 0 Å². The predicted molar refractivity (Wildman–Crippen MR) is 106 cm³/mol. The van der Waals surface area contributed by atoms with E-state index in [4.69, 9.17) is 4.74 Å². The van der Waals surface area contributed by atoms with Crippen molar-refractivity contribution in [2.45, 2.75) is 31.7 Å². The Morgan fingerprint density at radius 2 is 1.89 bits per heavy atom. The number of rotatable bonds is 5. The van der Waals surface area contributed by atoms with E-state index in [1.807, 2.05) is 16.3 Å². The predicted octanol–water partition coefficient (Wildman–Crippen LogP) is 2.66. The van der Waals surface area contributed by atoms with Gasteiger partial charge in [-0.05, 0) is 43.2 Å². The fourth-order valence-corrected chi connectivity index (χ4v) is 4.82. The van der Waals surface area contributed by atoms with Gasteiger partial charge in [0.1, 0.15) is 0 Å². The number of aromatic nitrogens is 2. The molecule has 148 valence electrons. The van der Waals surface area contributed by atoms with Crippen molar-refractivity contribution in [2.24, 2.45) is 5.92 Å². The Kier molecular flexibility index (Phi) is 5.85. The molecule has 2 saturated heterocycles. The third-order valence-corrected chi connectivity index (χ3v) is 6.42. The van der Waals surface area contributed by atoms with E-state index in [-0.39, 0.29) is 30.4 Å². The van der Waals surface area contributed by atoms with Crippen molar-refractivity contribution >= 4 is 29.2 Å². The molecule has 1 atom stereocenters. The highest BCUT2D eigenvalue weighted by atomic mass is 32.1. The van der Waals surface area contributed by atoms with Crippen LogP contribution in [0.2, 0.25) is 0 Å². The number of hydrogen-bond donors (Lipinski definition) is 0. The minimum Gasteiger partial charge on any atom is -0.455 e. The Morgan fingerprint density at radius 1 is 1.11 bits per heavy atom. The van der Waals surface area contributed by atoms with Gasteiger partial charge in [-0.1, -0.05) is 6.07 Å². The second-order valence-corrected chi connectivity index (χ2v) is 8.16. The number of carbonyl (C=O) groups is 2. The lowest BCUT2D eigenvalue weighted by atomic mass is 9.97. The molecule has 0 bridgehead atoms. The Bertz CT molecular complexity index is 791. The fourth-order valence-electron chi connectivity index (χ4n) is 3.95. The van der Waals surface area contributed by atoms with E-state index in [2.05, 4.69) is 20.9 Å². The molecule has 2 aliphatic rings. The summed E-state index contributed by atoms with van der Waals surface area (Å²) in [5.41, 5.74) is 0. The van der Waals surface area contributed by atoms with Gasteiger partial charge in [0.2, 0.25) is 5.95 Å². The second-order valence-electron chi connectivity index (χ2n) is 7.18. The lowest BCUT2D eigenvalue weighted by Gasteiger charge is -2.31. The molecule has 28 heavy (non-hydrogen) atoms. The van der Waals surface area contributed by atoms with E-state index in [0.29, 0.717) is 31.9 Å². The summed E-state index contributed by atoms with van der Waals surface area (Å²) in [5.74, 6) is 0.158. The van der Waals surface area contributed by atoms with Crippen LogP contribution in [0.5, 0.6) is 0 Å². The molecule has 0 N–H and O–H groups in total. The van der Waals surface area contributed by atoms with E-state index in [0.717, 1.165) is 19.4 Å². The van der Waals surface area contributed by atoms with Crippen LogP contribution in [0.3, 0.4) is 0 Å². The zero-order valence-electron chi connectivity index (χ0n) is 15.7. The number of thiophene rings is 1. The maximum atomic E-state index is 12.6. The van der Waals surface area contributed by atoms with E-state index >= 15 is 0 Å². The number of likely N-dealkylation sites (tertiary alicyclic amines) is 1. The molecule has 1 amide bonds. The molecular weight excluding hydrogens is 376 g/mol. The molecule has 8 heteroatoms. The number of nitrogens with zero attached hydrogens (tertiary/aromatic N) is 4. The van der Waals surface area contributed by atoms with Gasteiger partial charge in [-0.25, -0.2) is 9.97 Å². The van der Waals surface area contributed by atoms with Crippen LogP contribution in [0.25, 0.3) is 0 Å². The van der Waals surface area contributed by atoms with Gasteiger partial charge in [0.25, 0.3) is 5.91 Å². The fraction of sp³-hybridized carbons (Fsp3) is 0.500. The molecule has 0 radical (unpaired) electrons. The maximum absolute atomic E-state index is 12.6. The zero-order chi connectivity index (χ0) is 19.3. The van der Waals surface area contributed by atoms with Crippen LogP contribution in [0.1, 0.15) is 36.6 Å². The van der Waals surface area contributed by atoms with Gasteiger partial charge in [0.05, 0.1) is 12.0 Å². The van der Waals surface area contributed by atoms with Gasteiger partial charge in [0.15, 0.2) is 6.61 Å². The molecule has 2 aliphatic heterocycles. The number of piperidine rings is 1. The van der Waals surface area contributed by atoms with Crippen molar-refractivity contribution in [3.63, 3.8) is 0 Å². The van der Waals surface area contributed by atoms with E-state index in [9.17, 15) is 9.59 Å². The highest BCUT2D eigenvalue weighted by molar-refractivity contribution is 7.10. The maximum Gasteiger partial charge on any atom is 0.309 e. The molecule has 0 aliphatic carbocycles. The van der Waals surface area contributed by atoms with Gasteiger partial charge in [-0.3, -0.25) is 9.59 Å². The average molecular weight is 401 g/mol. The SMILES string of the molecule is O=C(OCC(=O)N1CCCC1c1cccs1)C1CCN(c2ncccn2)CC1. The summed E-state index contributed by atoms with van der Waals surface area (Å²) in [6.45, 7) is 1.99. The van der Waals surface area contributed by atoms with Gasteiger partial charge in [-0.2, -0.15) is 0 Å². The van der Waals surface area contributed by atoms with Crippen LogP contribution in [-0.4, -0.2) is 53.0 Å². The molecule has 2 aromatic rings. The first kappa shape index (κ1) is 18.9. The molecule has 4 heterocycles. The first-order valence-electron chi connectivity index (χ1n) is 9.74. The van der Waals surface area contributed by atoms with E-state index in [1.165, 1.54) is 4.88 Å². The summed E-state index contributed by atoms with van der Waals surface area (Å²) in [5, 5.41) is 2.03. The minimum absolute atomic E-state index is 0.0978. The first-order chi connectivity index (χ1) is 13.7. The number of hydrogen-bond acceptors (Lipinski definition) is 7. The number of anilines is 1. The van der Waals surface area contributed by atoms with Crippen molar-refractivity contribution in [2.75, 3.05) is 31.1 Å². The zero-order valence-corrected chi connectivity index (χ0v) is 16.5. The summed E-state index contributed by atoms with van der Waals surface area (Å²) in [7, 11) is 0. The molecule has 4 rings (SSSR count). The molecule has 1 unspecified atom stereocenters. The molecule has 2 fully saturated rings. The number of ether oxygens (including phenoxy) is 1. The smallest absolute Gasteiger partial charge is 0.309 e. The summed E-state index contributed by atoms with van der Waals surface area (Å²) in [6, 6.07) is 5.99. The molecular formula is C20H24N4O3S. The number of amides is 1. The first-order valence-corrected chi connectivity index (χ1v) is 10.6. The van der Waals surface area contributed by atoms with Crippen LogP contribution in [0.4, 0.5) is 5.95 Å². The average Bonchev–Trinajstić information content (AvgIpc) is 3.44. The van der Waals surface area contributed by atoms with E-state index < -0.39 is 0 Å². The monoisotopic (exact) mass is 400 g/mol. The highest BCUT2D eigenvalue weighted by Gasteiger charge is 2.32.